The molecule has 1 saturated heterocycles. The summed E-state index contributed by atoms with van der Waals surface area (Å²) >= 11 is 0. The summed E-state index contributed by atoms with van der Waals surface area (Å²) in [4.78, 5) is 0. The average Bonchev–Trinajstić information content (AvgIpc) is 3.08. The molecule has 1 aromatic carbocycles. The summed E-state index contributed by atoms with van der Waals surface area (Å²) in [6, 6.07) is 6.57. The Kier molecular flexibility index (Phi) is 4.36. The van der Waals surface area contributed by atoms with Gasteiger partial charge in [0.1, 0.15) is 31.5 Å². The predicted octanol–water partition coefficient (Wildman–Crippen LogP) is 1.30. The molecule has 3 heteroatoms. The second-order valence-electron chi connectivity index (χ2n) is 5.58. The Morgan fingerprint density at radius 2 is 2.16 bits per heavy atom. The number of hydrogen-bond acceptors (Lipinski definition) is 2. The van der Waals surface area contributed by atoms with Crippen LogP contribution in [0.15, 0.2) is 18.2 Å². The third-order valence-electron chi connectivity index (χ3n) is 4.11. The van der Waals surface area contributed by atoms with Crippen LogP contribution in [-0.4, -0.2) is 32.4 Å². The molecule has 1 fully saturated rings. The van der Waals surface area contributed by atoms with Gasteiger partial charge in [0, 0.05) is 6.61 Å². The zero-order valence-corrected chi connectivity index (χ0v) is 11.6. The van der Waals surface area contributed by atoms with Crippen LogP contribution in [0, 0.1) is 0 Å². The van der Waals surface area contributed by atoms with Gasteiger partial charge in [0.25, 0.3) is 0 Å². The highest BCUT2D eigenvalue weighted by Gasteiger charge is 2.16. The fraction of sp³-hybridized carbons (Fsp3) is 0.625. The molecule has 0 aromatic heterocycles. The highest BCUT2D eigenvalue weighted by molar-refractivity contribution is 5.38. The van der Waals surface area contributed by atoms with Crippen molar-refractivity contribution in [1.82, 2.24) is 0 Å². The molecule has 104 valence electrons. The number of benzene rings is 1. The molecule has 3 nitrogen and oxygen atoms in total. The topological polar surface area (TPSA) is 35.1 Å². The van der Waals surface area contributed by atoms with Crippen molar-refractivity contribution in [2.75, 3.05) is 26.3 Å². The second kappa shape index (κ2) is 6.40. The van der Waals surface area contributed by atoms with Gasteiger partial charge in [-0.1, -0.05) is 6.07 Å². The van der Waals surface area contributed by atoms with E-state index in [0.717, 1.165) is 32.1 Å². The number of rotatable bonds is 6. The molecule has 2 aliphatic rings. The van der Waals surface area contributed by atoms with E-state index in [-0.39, 0.29) is 0 Å². The maximum atomic E-state index is 5.82. The van der Waals surface area contributed by atoms with Crippen LogP contribution in [0.1, 0.15) is 30.4 Å². The Balaban J connectivity index is 1.35. The van der Waals surface area contributed by atoms with E-state index in [4.69, 9.17) is 9.47 Å². The quantitative estimate of drug-likeness (QED) is 0.784. The van der Waals surface area contributed by atoms with Gasteiger partial charge in [0.15, 0.2) is 0 Å². The van der Waals surface area contributed by atoms with Crippen LogP contribution in [0.5, 0.6) is 5.75 Å². The SMILES string of the molecule is c1cc2c(cc1OCC[NH2+]C[C@H]1CCCO1)CCC2. The second-order valence-corrected chi connectivity index (χ2v) is 5.58. The van der Waals surface area contributed by atoms with Crippen LogP contribution >= 0.6 is 0 Å². The third kappa shape index (κ3) is 3.48. The monoisotopic (exact) mass is 262 g/mol. The van der Waals surface area contributed by atoms with Crippen molar-refractivity contribution in [3.63, 3.8) is 0 Å². The highest BCUT2D eigenvalue weighted by atomic mass is 16.5. The first-order chi connectivity index (χ1) is 9.42. The smallest absolute Gasteiger partial charge is 0.137 e. The van der Waals surface area contributed by atoms with Crippen molar-refractivity contribution in [2.24, 2.45) is 0 Å². The van der Waals surface area contributed by atoms with Gasteiger partial charge in [0.05, 0.1) is 0 Å². The van der Waals surface area contributed by atoms with Crippen molar-refractivity contribution in [2.45, 2.75) is 38.2 Å². The molecule has 1 heterocycles. The van der Waals surface area contributed by atoms with E-state index in [1.54, 1.807) is 0 Å². The molecule has 0 radical (unpaired) electrons. The summed E-state index contributed by atoms with van der Waals surface area (Å²) in [6.45, 7) is 3.82. The molecule has 1 aliphatic heterocycles. The molecule has 0 saturated carbocycles. The number of nitrogens with two attached hydrogens (primary N) is 1. The molecule has 2 N–H and O–H groups in total. The summed E-state index contributed by atoms with van der Waals surface area (Å²) in [6.07, 6.45) is 6.68. The van der Waals surface area contributed by atoms with Gasteiger partial charge in [-0.15, -0.1) is 0 Å². The summed E-state index contributed by atoms with van der Waals surface area (Å²) < 4.78 is 11.4. The van der Waals surface area contributed by atoms with Gasteiger partial charge in [-0.05, 0) is 55.4 Å². The molecular formula is C16H24NO2+. The fourth-order valence-electron chi connectivity index (χ4n) is 3.03. The Morgan fingerprint density at radius 3 is 3.05 bits per heavy atom. The first-order valence-corrected chi connectivity index (χ1v) is 7.60. The maximum Gasteiger partial charge on any atom is 0.137 e. The van der Waals surface area contributed by atoms with Gasteiger partial charge < -0.3 is 14.8 Å². The average molecular weight is 262 g/mol. The lowest BCUT2D eigenvalue weighted by atomic mass is 10.1. The molecular weight excluding hydrogens is 238 g/mol. The van der Waals surface area contributed by atoms with E-state index < -0.39 is 0 Å². The first-order valence-electron chi connectivity index (χ1n) is 7.60. The van der Waals surface area contributed by atoms with Gasteiger partial charge in [-0.25, -0.2) is 0 Å². The lowest BCUT2D eigenvalue weighted by Gasteiger charge is -2.09. The van der Waals surface area contributed by atoms with Gasteiger partial charge in [-0.3, -0.25) is 0 Å². The molecule has 0 amide bonds. The third-order valence-corrected chi connectivity index (χ3v) is 4.11. The Hall–Kier alpha value is -1.06. The minimum atomic E-state index is 0.472. The zero-order chi connectivity index (χ0) is 12.9. The first kappa shape index (κ1) is 12.9. The van der Waals surface area contributed by atoms with Gasteiger partial charge in [0.2, 0.25) is 0 Å². The van der Waals surface area contributed by atoms with Crippen molar-refractivity contribution in [3.8, 4) is 5.75 Å². The van der Waals surface area contributed by atoms with Crippen molar-refractivity contribution < 1.29 is 14.8 Å². The van der Waals surface area contributed by atoms with E-state index in [2.05, 4.69) is 23.5 Å². The Bertz CT molecular complexity index is 413. The number of aryl methyl sites for hydroxylation is 2. The van der Waals surface area contributed by atoms with E-state index in [1.165, 1.54) is 43.2 Å². The summed E-state index contributed by atoms with van der Waals surface area (Å²) in [5.41, 5.74) is 3.00. The largest absolute Gasteiger partial charge is 0.488 e. The molecule has 19 heavy (non-hydrogen) atoms. The lowest BCUT2D eigenvalue weighted by molar-refractivity contribution is -0.661. The molecule has 0 spiro atoms. The van der Waals surface area contributed by atoms with Gasteiger partial charge in [-0.2, -0.15) is 0 Å². The van der Waals surface area contributed by atoms with Crippen molar-refractivity contribution >= 4 is 0 Å². The summed E-state index contributed by atoms with van der Waals surface area (Å²) in [7, 11) is 0. The van der Waals surface area contributed by atoms with Crippen LogP contribution in [0.3, 0.4) is 0 Å². The number of hydrogen-bond donors (Lipinski definition) is 1. The minimum absolute atomic E-state index is 0.472. The van der Waals surface area contributed by atoms with Crippen LogP contribution in [-0.2, 0) is 17.6 Å². The number of ether oxygens (including phenoxy) is 2. The van der Waals surface area contributed by atoms with E-state index in [9.17, 15) is 0 Å². The van der Waals surface area contributed by atoms with Gasteiger partial charge >= 0.3 is 0 Å². The fourth-order valence-corrected chi connectivity index (χ4v) is 3.03. The van der Waals surface area contributed by atoms with Crippen LogP contribution < -0.4 is 10.1 Å². The predicted molar refractivity (Wildman–Crippen MR) is 74.6 cm³/mol. The standard InChI is InChI=1S/C16H23NO2/c1-3-13-6-7-15(11-14(13)4-1)19-10-8-17-12-16-5-2-9-18-16/h6-7,11,16-17H,1-5,8-10,12H2/p+1/t16-/m1/s1. The summed E-state index contributed by atoms with van der Waals surface area (Å²) in [5.74, 6) is 1.03. The molecule has 1 atom stereocenters. The van der Waals surface area contributed by atoms with Crippen molar-refractivity contribution in [1.29, 1.82) is 0 Å². The maximum absolute atomic E-state index is 5.82. The van der Waals surface area contributed by atoms with Crippen molar-refractivity contribution in [3.05, 3.63) is 29.3 Å². The Morgan fingerprint density at radius 1 is 1.21 bits per heavy atom. The molecule has 0 bridgehead atoms. The highest BCUT2D eigenvalue weighted by Crippen LogP contribution is 2.25. The molecule has 3 rings (SSSR count). The normalized spacial score (nSPS) is 21.6. The molecule has 1 aliphatic carbocycles. The number of quaternary nitrogens is 1. The Labute approximate surface area is 115 Å². The van der Waals surface area contributed by atoms with E-state index >= 15 is 0 Å². The van der Waals surface area contributed by atoms with E-state index in [0.29, 0.717) is 6.10 Å². The van der Waals surface area contributed by atoms with Crippen LogP contribution in [0.4, 0.5) is 0 Å². The minimum Gasteiger partial charge on any atom is -0.488 e. The summed E-state index contributed by atoms with van der Waals surface area (Å²) in [5, 5.41) is 2.31. The van der Waals surface area contributed by atoms with E-state index in [1.807, 2.05) is 0 Å². The molecule has 1 aromatic rings. The van der Waals surface area contributed by atoms with Crippen LogP contribution in [0.2, 0.25) is 0 Å². The molecule has 0 unspecified atom stereocenters. The number of fused-ring (bicyclic) bond motifs is 1. The zero-order valence-electron chi connectivity index (χ0n) is 11.6. The van der Waals surface area contributed by atoms with Crippen LogP contribution in [0.25, 0.3) is 0 Å². The lowest BCUT2D eigenvalue weighted by Crippen LogP contribution is -2.87.